The zero-order valence-corrected chi connectivity index (χ0v) is 10.5. The summed E-state index contributed by atoms with van der Waals surface area (Å²) in [6, 6.07) is 10.5. The van der Waals surface area contributed by atoms with Crippen LogP contribution in [0.1, 0.15) is 43.6 Å². The molecule has 1 aromatic carbocycles. The van der Waals surface area contributed by atoms with Crippen LogP contribution in [0.5, 0.6) is 0 Å². The van der Waals surface area contributed by atoms with Gasteiger partial charge in [0.25, 0.3) is 0 Å². The first-order chi connectivity index (χ1) is 8.84. The topological polar surface area (TPSA) is 54.7 Å². The fraction of sp³-hybridized carbons (Fsp3) is 0.400. The SMILES string of the molecule is Nc1cc(-c2ccccc2C2CCCCC2)[nH]n1. The van der Waals surface area contributed by atoms with Crippen LogP contribution in [-0.2, 0) is 0 Å². The summed E-state index contributed by atoms with van der Waals surface area (Å²) in [5.41, 5.74) is 9.44. The number of H-pyrrole nitrogens is 1. The van der Waals surface area contributed by atoms with Gasteiger partial charge in [0.2, 0.25) is 0 Å². The Labute approximate surface area is 107 Å². The smallest absolute Gasteiger partial charge is 0.145 e. The van der Waals surface area contributed by atoms with Crippen molar-refractivity contribution in [3.8, 4) is 11.3 Å². The van der Waals surface area contributed by atoms with Gasteiger partial charge < -0.3 is 5.73 Å². The van der Waals surface area contributed by atoms with Crippen LogP contribution in [0.25, 0.3) is 11.3 Å². The predicted octanol–water partition coefficient (Wildman–Crippen LogP) is 3.71. The second-order valence-electron chi connectivity index (χ2n) is 5.13. The largest absolute Gasteiger partial charge is 0.382 e. The summed E-state index contributed by atoms with van der Waals surface area (Å²) < 4.78 is 0. The van der Waals surface area contributed by atoms with E-state index in [0.29, 0.717) is 11.7 Å². The maximum Gasteiger partial charge on any atom is 0.145 e. The van der Waals surface area contributed by atoms with Gasteiger partial charge in [-0.05, 0) is 24.3 Å². The molecule has 0 radical (unpaired) electrons. The van der Waals surface area contributed by atoms with Crippen molar-refractivity contribution in [3.05, 3.63) is 35.9 Å². The third-order valence-corrected chi connectivity index (χ3v) is 3.89. The highest BCUT2D eigenvalue weighted by atomic mass is 15.2. The zero-order valence-electron chi connectivity index (χ0n) is 10.5. The first kappa shape index (κ1) is 11.3. The molecule has 0 atom stereocenters. The minimum Gasteiger partial charge on any atom is -0.382 e. The van der Waals surface area contributed by atoms with Gasteiger partial charge in [0, 0.05) is 11.6 Å². The lowest BCUT2D eigenvalue weighted by Crippen LogP contribution is -2.05. The first-order valence-corrected chi connectivity index (χ1v) is 6.75. The molecule has 0 bridgehead atoms. The van der Waals surface area contributed by atoms with E-state index in [2.05, 4.69) is 34.5 Å². The lowest BCUT2D eigenvalue weighted by atomic mass is 9.81. The standard InChI is InChI=1S/C15H19N3/c16-15-10-14(17-18-15)13-9-5-4-8-12(13)11-6-2-1-3-7-11/h4-5,8-11H,1-3,6-7H2,(H3,16,17,18). The summed E-state index contributed by atoms with van der Waals surface area (Å²) in [5, 5.41) is 7.06. The Kier molecular flexibility index (Phi) is 3.05. The van der Waals surface area contributed by atoms with Crippen molar-refractivity contribution in [1.29, 1.82) is 0 Å². The van der Waals surface area contributed by atoms with Gasteiger partial charge in [0.15, 0.2) is 0 Å². The van der Waals surface area contributed by atoms with Crippen LogP contribution in [0.15, 0.2) is 30.3 Å². The van der Waals surface area contributed by atoms with Crippen molar-refractivity contribution >= 4 is 5.82 Å². The molecule has 3 N–H and O–H groups in total. The molecule has 3 nitrogen and oxygen atoms in total. The highest BCUT2D eigenvalue weighted by molar-refractivity contribution is 5.66. The highest BCUT2D eigenvalue weighted by Crippen LogP contribution is 2.37. The van der Waals surface area contributed by atoms with Crippen LogP contribution in [0.3, 0.4) is 0 Å². The lowest BCUT2D eigenvalue weighted by Gasteiger charge is -2.24. The van der Waals surface area contributed by atoms with Gasteiger partial charge >= 0.3 is 0 Å². The van der Waals surface area contributed by atoms with Gasteiger partial charge in [-0.15, -0.1) is 0 Å². The van der Waals surface area contributed by atoms with E-state index in [1.54, 1.807) is 0 Å². The van der Waals surface area contributed by atoms with Crippen LogP contribution < -0.4 is 5.73 Å². The number of nitrogens with one attached hydrogen (secondary N) is 1. The van der Waals surface area contributed by atoms with E-state index in [0.717, 1.165) is 5.69 Å². The van der Waals surface area contributed by atoms with Crippen LogP contribution in [0.4, 0.5) is 5.82 Å². The summed E-state index contributed by atoms with van der Waals surface area (Å²) in [4.78, 5) is 0. The van der Waals surface area contributed by atoms with E-state index in [1.807, 2.05) is 6.07 Å². The summed E-state index contributed by atoms with van der Waals surface area (Å²) in [5.74, 6) is 1.25. The molecule has 94 valence electrons. The zero-order chi connectivity index (χ0) is 12.4. The molecule has 2 aromatic rings. The minimum absolute atomic E-state index is 0.559. The molecule has 1 aliphatic rings. The number of nitrogens with zero attached hydrogens (tertiary/aromatic N) is 1. The second kappa shape index (κ2) is 4.84. The van der Waals surface area contributed by atoms with Crippen molar-refractivity contribution in [2.45, 2.75) is 38.0 Å². The van der Waals surface area contributed by atoms with Gasteiger partial charge in [0.05, 0.1) is 5.69 Å². The van der Waals surface area contributed by atoms with Gasteiger partial charge in [-0.1, -0.05) is 43.5 Å². The molecule has 3 rings (SSSR count). The van der Waals surface area contributed by atoms with Gasteiger partial charge in [-0.25, -0.2) is 0 Å². The molecule has 1 heterocycles. The first-order valence-electron chi connectivity index (χ1n) is 6.75. The van der Waals surface area contributed by atoms with E-state index in [-0.39, 0.29) is 0 Å². The van der Waals surface area contributed by atoms with Gasteiger partial charge in [-0.2, -0.15) is 5.10 Å². The third kappa shape index (κ3) is 2.13. The number of aromatic amines is 1. The quantitative estimate of drug-likeness (QED) is 0.842. The molecular formula is C15H19N3. The van der Waals surface area contributed by atoms with Gasteiger partial charge in [0.1, 0.15) is 5.82 Å². The maximum atomic E-state index is 5.70. The Morgan fingerprint density at radius 1 is 1.11 bits per heavy atom. The summed E-state index contributed by atoms with van der Waals surface area (Å²) in [7, 11) is 0. The predicted molar refractivity (Wildman–Crippen MR) is 74.3 cm³/mol. The maximum absolute atomic E-state index is 5.70. The minimum atomic E-state index is 0.559. The number of aromatic nitrogens is 2. The molecule has 0 spiro atoms. The number of anilines is 1. The molecular weight excluding hydrogens is 222 g/mol. The van der Waals surface area contributed by atoms with Crippen LogP contribution in [-0.4, -0.2) is 10.2 Å². The van der Waals surface area contributed by atoms with E-state index < -0.39 is 0 Å². The Hall–Kier alpha value is -1.77. The van der Waals surface area contributed by atoms with E-state index >= 15 is 0 Å². The van der Waals surface area contributed by atoms with E-state index in [9.17, 15) is 0 Å². The second-order valence-corrected chi connectivity index (χ2v) is 5.13. The molecule has 1 fully saturated rings. The Morgan fingerprint density at radius 2 is 1.89 bits per heavy atom. The van der Waals surface area contributed by atoms with E-state index in [1.165, 1.54) is 43.2 Å². The molecule has 0 unspecified atom stereocenters. The van der Waals surface area contributed by atoms with Gasteiger partial charge in [-0.3, -0.25) is 5.10 Å². The number of nitrogen functional groups attached to an aromatic ring is 1. The number of benzene rings is 1. The summed E-state index contributed by atoms with van der Waals surface area (Å²) in [6.07, 6.45) is 6.70. The third-order valence-electron chi connectivity index (χ3n) is 3.89. The molecule has 0 aliphatic heterocycles. The Bertz CT molecular complexity index is 524. The van der Waals surface area contributed by atoms with Crippen molar-refractivity contribution in [1.82, 2.24) is 10.2 Å². The molecule has 1 aliphatic carbocycles. The summed E-state index contributed by atoms with van der Waals surface area (Å²) >= 11 is 0. The number of hydrogen-bond acceptors (Lipinski definition) is 2. The fourth-order valence-corrected chi connectivity index (χ4v) is 2.99. The van der Waals surface area contributed by atoms with E-state index in [4.69, 9.17) is 5.73 Å². The van der Waals surface area contributed by atoms with Crippen molar-refractivity contribution in [2.24, 2.45) is 0 Å². The molecule has 0 saturated heterocycles. The summed E-state index contributed by atoms with van der Waals surface area (Å²) in [6.45, 7) is 0. The Balaban J connectivity index is 1.99. The average molecular weight is 241 g/mol. The van der Waals surface area contributed by atoms with Crippen LogP contribution >= 0.6 is 0 Å². The van der Waals surface area contributed by atoms with Crippen LogP contribution in [0, 0.1) is 0 Å². The van der Waals surface area contributed by atoms with Crippen molar-refractivity contribution < 1.29 is 0 Å². The molecule has 3 heteroatoms. The fourth-order valence-electron chi connectivity index (χ4n) is 2.99. The van der Waals surface area contributed by atoms with Crippen LogP contribution in [0.2, 0.25) is 0 Å². The molecule has 1 aromatic heterocycles. The monoisotopic (exact) mass is 241 g/mol. The lowest BCUT2D eigenvalue weighted by molar-refractivity contribution is 0.444. The Morgan fingerprint density at radius 3 is 2.61 bits per heavy atom. The molecule has 1 saturated carbocycles. The molecule has 18 heavy (non-hydrogen) atoms. The van der Waals surface area contributed by atoms with Crippen molar-refractivity contribution in [3.63, 3.8) is 0 Å². The highest BCUT2D eigenvalue weighted by Gasteiger charge is 2.19. The average Bonchev–Trinajstić information content (AvgIpc) is 2.86. The molecule has 0 amide bonds. The number of rotatable bonds is 2. The number of nitrogens with two attached hydrogens (primary N) is 1. The normalized spacial score (nSPS) is 16.9. The number of hydrogen-bond donors (Lipinski definition) is 2. The van der Waals surface area contributed by atoms with Crippen molar-refractivity contribution in [2.75, 3.05) is 5.73 Å².